The van der Waals surface area contributed by atoms with E-state index >= 15 is 0 Å². The van der Waals surface area contributed by atoms with Gasteiger partial charge in [-0.1, -0.05) is 0 Å². The van der Waals surface area contributed by atoms with Crippen LogP contribution in [-0.2, 0) is 21.4 Å². The van der Waals surface area contributed by atoms with E-state index in [9.17, 15) is 14.4 Å². The third-order valence-electron chi connectivity index (χ3n) is 5.15. The van der Waals surface area contributed by atoms with Crippen molar-refractivity contribution in [2.24, 2.45) is 7.05 Å². The number of carbonyl (C=O) groups is 3. The molecule has 1 aromatic heterocycles. The maximum absolute atomic E-state index is 12.4. The minimum absolute atomic E-state index is 0.0952. The summed E-state index contributed by atoms with van der Waals surface area (Å²) in [6, 6.07) is 6.68. The van der Waals surface area contributed by atoms with Gasteiger partial charge in [-0.3, -0.25) is 14.3 Å². The number of nitrogens with one attached hydrogen (secondary N) is 1. The van der Waals surface area contributed by atoms with Gasteiger partial charge in [0, 0.05) is 25.7 Å². The predicted molar refractivity (Wildman–Crippen MR) is 109 cm³/mol. The van der Waals surface area contributed by atoms with Crippen molar-refractivity contribution in [3.05, 3.63) is 41.2 Å². The molecule has 0 bridgehead atoms. The SMILES string of the molecule is Cc1nn(C)c(C)c1NC(=O)C(C)OC(=O)c1ccc(N2CCCCC2=O)cc1. The van der Waals surface area contributed by atoms with E-state index in [1.165, 1.54) is 6.92 Å². The monoisotopic (exact) mass is 398 g/mol. The summed E-state index contributed by atoms with van der Waals surface area (Å²) in [7, 11) is 1.79. The first-order valence-corrected chi connectivity index (χ1v) is 9.70. The Kier molecular flexibility index (Phi) is 6.00. The number of hydrogen-bond acceptors (Lipinski definition) is 5. The summed E-state index contributed by atoms with van der Waals surface area (Å²) >= 11 is 0. The normalized spacial score (nSPS) is 15.2. The fraction of sp³-hybridized carbons (Fsp3) is 0.429. The van der Waals surface area contributed by atoms with Crippen molar-refractivity contribution < 1.29 is 19.1 Å². The van der Waals surface area contributed by atoms with Crippen LogP contribution in [0.2, 0.25) is 0 Å². The molecule has 1 N–H and O–H groups in total. The summed E-state index contributed by atoms with van der Waals surface area (Å²) in [6.07, 6.45) is 1.46. The molecule has 8 heteroatoms. The van der Waals surface area contributed by atoms with Gasteiger partial charge in [0.05, 0.1) is 22.6 Å². The van der Waals surface area contributed by atoms with E-state index < -0.39 is 18.0 Å². The largest absolute Gasteiger partial charge is 0.449 e. The van der Waals surface area contributed by atoms with Crippen LogP contribution in [0.25, 0.3) is 0 Å². The van der Waals surface area contributed by atoms with Crippen LogP contribution < -0.4 is 10.2 Å². The molecule has 3 rings (SSSR count). The lowest BCUT2D eigenvalue weighted by atomic mass is 10.1. The number of nitrogens with zero attached hydrogens (tertiary/aromatic N) is 3. The second-order valence-electron chi connectivity index (χ2n) is 7.26. The highest BCUT2D eigenvalue weighted by molar-refractivity contribution is 5.98. The molecule has 1 aliphatic rings. The van der Waals surface area contributed by atoms with Crippen LogP contribution in [0.3, 0.4) is 0 Å². The zero-order valence-corrected chi connectivity index (χ0v) is 17.2. The van der Waals surface area contributed by atoms with E-state index in [4.69, 9.17) is 4.74 Å². The number of aromatic nitrogens is 2. The maximum atomic E-state index is 12.4. The van der Waals surface area contributed by atoms with Crippen molar-refractivity contribution in [2.45, 2.75) is 46.1 Å². The predicted octanol–water partition coefficient (Wildman–Crippen LogP) is 2.74. The van der Waals surface area contributed by atoms with Gasteiger partial charge in [-0.2, -0.15) is 5.10 Å². The number of carbonyl (C=O) groups excluding carboxylic acids is 3. The van der Waals surface area contributed by atoms with Gasteiger partial charge >= 0.3 is 5.97 Å². The number of benzene rings is 1. The van der Waals surface area contributed by atoms with Gasteiger partial charge in [0.1, 0.15) is 0 Å². The van der Waals surface area contributed by atoms with Gasteiger partial charge in [0.2, 0.25) is 5.91 Å². The van der Waals surface area contributed by atoms with Crippen molar-refractivity contribution in [3.8, 4) is 0 Å². The molecule has 0 aliphatic carbocycles. The summed E-state index contributed by atoms with van der Waals surface area (Å²) < 4.78 is 6.98. The molecule has 1 aromatic carbocycles. The van der Waals surface area contributed by atoms with Crippen LogP contribution in [0, 0.1) is 13.8 Å². The zero-order valence-electron chi connectivity index (χ0n) is 17.2. The van der Waals surface area contributed by atoms with Crippen LogP contribution in [0.4, 0.5) is 11.4 Å². The average Bonchev–Trinajstić information content (AvgIpc) is 2.94. The Bertz CT molecular complexity index is 933. The molecule has 8 nitrogen and oxygen atoms in total. The topological polar surface area (TPSA) is 93.5 Å². The number of ether oxygens (including phenoxy) is 1. The van der Waals surface area contributed by atoms with E-state index in [-0.39, 0.29) is 5.91 Å². The number of aryl methyl sites for hydroxylation is 2. The molecule has 29 heavy (non-hydrogen) atoms. The van der Waals surface area contributed by atoms with Crippen molar-refractivity contribution in [1.82, 2.24) is 9.78 Å². The molecule has 1 fully saturated rings. The summed E-state index contributed by atoms with van der Waals surface area (Å²) in [4.78, 5) is 38.6. The first-order chi connectivity index (χ1) is 13.8. The molecule has 0 spiro atoms. The molecule has 154 valence electrons. The van der Waals surface area contributed by atoms with E-state index in [1.54, 1.807) is 47.8 Å². The van der Waals surface area contributed by atoms with Crippen molar-refractivity contribution in [3.63, 3.8) is 0 Å². The Morgan fingerprint density at radius 3 is 2.45 bits per heavy atom. The zero-order chi connectivity index (χ0) is 21.1. The second kappa shape index (κ2) is 8.46. The van der Waals surface area contributed by atoms with Crippen LogP contribution in [0.5, 0.6) is 0 Å². The van der Waals surface area contributed by atoms with E-state index in [2.05, 4.69) is 10.4 Å². The first-order valence-electron chi connectivity index (χ1n) is 9.70. The van der Waals surface area contributed by atoms with Crippen LogP contribution in [0.15, 0.2) is 24.3 Å². The minimum Gasteiger partial charge on any atom is -0.449 e. The van der Waals surface area contributed by atoms with Gasteiger partial charge in [0.25, 0.3) is 5.91 Å². The van der Waals surface area contributed by atoms with Crippen LogP contribution in [-0.4, -0.2) is 40.2 Å². The summed E-state index contributed by atoms with van der Waals surface area (Å²) in [5.74, 6) is -0.922. The molecule has 2 aromatic rings. The Labute approximate surface area is 169 Å². The third kappa shape index (κ3) is 4.47. The third-order valence-corrected chi connectivity index (χ3v) is 5.15. The molecule has 1 atom stereocenters. The fourth-order valence-corrected chi connectivity index (χ4v) is 3.32. The first kappa shape index (κ1) is 20.6. The molecule has 1 aliphatic heterocycles. The Morgan fingerprint density at radius 1 is 1.17 bits per heavy atom. The number of hydrogen-bond donors (Lipinski definition) is 1. The number of rotatable bonds is 5. The van der Waals surface area contributed by atoms with Gasteiger partial charge in [-0.05, 0) is 57.9 Å². The standard InChI is InChI=1S/C21H26N4O4/c1-13-19(14(2)24(4)23-13)22-20(27)15(3)29-21(28)16-8-10-17(11-9-16)25-12-6-5-7-18(25)26/h8-11,15H,5-7,12H2,1-4H3,(H,22,27). The Morgan fingerprint density at radius 2 is 1.86 bits per heavy atom. The molecular weight excluding hydrogens is 372 g/mol. The van der Waals surface area contributed by atoms with Crippen molar-refractivity contribution in [2.75, 3.05) is 16.8 Å². The molecule has 2 heterocycles. The van der Waals surface area contributed by atoms with E-state index in [0.717, 1.165) is 24.2 Å². The summed E-state index contributed by atoms with van der Waals surface area (Å²) in [6.45, 7) is 5.86. The van der Waals surface area contributed by atoms with Gasteiger partial charge < -0.3 is 15.0 Å². The Hall–Kier alpha value is -3.16. The molecule has 1 unspecified atom stereocenters. The van der Waals surface area contributed by atoms with Crippen molar-refractivity contribution in [1.29, 1.82) is 0 Å². The quantitative estimate of drug-likeness (QED) is 0.782. The number of esters is 1. The summed E-state index contributed by atoms with van der Waals surface area (Å²) in [5, 5.41) is 7.02. The van der Waals surface area contributed by atoms with Crippen LogP contribution >= 0.6 is 0 Å². The van der Waals surface area contributed by atoms with Gasteiger partial charge in [0.15, 0.2) is 6.10 Å². The lowest BCUT2D eigenvalue weighted by molar-refractivity contribution is -0.123. The minimum atomic E-state index is -0.968. The van der Waals surface area contributed by atoms with E-state index in [1.807, 2.05) is 6.92 Å². The fourth-order valence-electron chi connectivity index (χ4n) is 3.32. The van der Waals surface area contributed by atoms with Crippen LogP contribution in [0.1, 0.15) is 47.9 Å². The average molecular weight is 398 g/mol. The molecule has 1 saturated heterocycles. The number of piperidine rings is 1. The highest BCUT2D eigenvalue weighted by Gasteiger charge is 2.23. The molecule has 0 radical (unpaired) electrons. The number of anilines is 2. The number of amides is 2. The van der Waals surface area contributed by atoms with Crippen molar-refractivity contribution >= 4 is 29.2 Å². The highest BCUT2D eigenvalue weighted by atomic mass is 16.5. The molecular formula is C21H26N4O4. The smallest absolute Gasteiger partial charge is 0.338 e. The molecule has 0 saturated carbocycles. The molecule has 2 amide bonds. The van der Waals surface area contributed by atoms with E-state index in [0.29, 0.717) is 29.9 Å². The Balaban J connectivity index is 1.61. The maximum Gasteiger partial charge on any atom is 0.338 e. The van der Waals surface area contributed by atoms with Gasteiger partial charge in [-0.25, -0.2) is 4.79 Å². The lowest BCUT2D eigenvalue weighted by Crippen LogP contribution is -2.35. The highest BCUT2D eigenvalue weighted by Crippen LogP contribution is 2.22. The summed E-state index contributed by atoms with van der Waals surface area (Å²) in [5.41, 5.74) is 3.22. The van der Waals surface area contributed by atoms with Gasteiger partial charge in [-0.15, -0.1) is 0 Å². The second-order valence-corrected chi connectivity index (χ2v) is 7.26. The lowest BCUT2D eigenvalue weighted by Gasteiger charge is -2.26.